The van der Waals surface area contributed by atoms with Crippen molar-refractivity contribution in [2.24, 2.45) is 11.3 Å². The zero-order valence-corrected chi connectivity index (χ0v) is 18.1. The molecule has 6 heteroatoms. The molecule has 2 unspecified atom stereocenters. The summed E-state index contributed by atoms with van der Waals surface area (Å²) in [4.78, 5) is 19.4. The van der Waals surface area contributed by atoms with Crippen molar-refractivity contribution < 1.29 is 9.32 Å². The van der Waals surface area contributed by atoms with E-state index in [0.717, 1.165) is 35.8 Å². The van der Waals surface area contributed by atoms with Gasteiger partial charge in [0.15, 0.2) is 0 Å². The van der Waals surface area contributed by atoms with Crippen LogP contribution in [0.1, 0.15) is 65.3 Å². The molecule has 1 fully saturated rings. The third-order valence-electron chi connectivity index (χ3n) is 4.89. The van der Waals surface area contributed by atoms with Crippen LogP contribution in [0.5, 0.6) is 0 Å². The summed E-state index contributed by atoms with van der Waals surface area (Å²) in [6.45, 7) is 9.58. The third kappa shape index (κ3) is 5.18. The molecule has 0 spiro atoms. The second-order valence-corrected chi connectivity index (χ2v) is 9.70. The van der Waals surface area contributed by atoms with Gasteiger partial charge < -0.3 is 9.42 Å². The lowest BCUT2D eigenvalue weighted by atomic mass is 9.84. The molecule has 1 amide bonds. The molecular weight excluding hydrogens is 406 g/mol. The highest BCUT2D eigenvalue weighted by Crippen LogP contribution is 2.34. The summed E-state index contributed by atoms with van der Waals surface area (Å²) in [5.74, 6) is 1.66. The Balaban J connectivity index is 1.69. The van der Waals surface area contributed by atoms with Gasteiger partial charge in [-0.25, -0.2) is 0 Å². The van der Waals surface area contributed by atoms with E-state index in [1.54, 1.807) is 0 Å². The number of aromatic nitrogens is 2. The maximum absolute atomic E-state index is 12.9. The highest BCUT2D eigenvalue weighted by atomic mass is 79.9. The molecule has 3 rings (SSSR count). The number of carbonyl (C=O) groups is 1. The summed E-state index contributed by atoms with van der Waals surface area (Å²) >= 11 is 3.43. The van der Waals surface area contributed by atoms with Crippen molar-refractivity contribution >= 4 is 21.8 Å². The number of likely N-dealkylation sites (tertiary alicyclic amines) is 1. The largest absolute Gasteiger partial charge is 0.337 e. The number of hydrogen-bond acceptors (Lipinski definition) is 4. The molecule has 2 aromatic rings. The smallest absolute Gasteiger partial charge is 0.249 e. The van der Waals surface area contributed by atoms with Crippen LogP contribution in [-0.2, 0) is 4.79 Å². The van der Waals surface area contributed by atoms with Gasteiger partial charge in [-0.2, -0.15) is 4.98 Å². The van der Waals surface area contributed by atoms with Crippen LogP contribution in [-0.4, -0.2) is 27.5 Å². The zero-order valence-electron chi connectivity index (χ0n) is 16.5. The monoisotopic (exact) mass is 433 g/mol. The Morgan fingerprint density at radius 3 is 2.70 bits per heavy atom. The first-order valence-corrected chi connectivity index (χ1v) is 10.4. The molecule has 1 aliphatic rings. The fourth-order valence-corrected chi connectivity index (χ4v) is 4.21. The van der Waals surface area contributed by atoms with E-state index >= 15 is 0 Å². The van der Waals surface area contributed by atoms with Gasteiger partial charge in [0.05, 0.1) is 0 Å². The average molecular weight is 434 g/mol. The number of rotatable bonds is 5. The van der Waals surface area contributed by atoms with E-state index in [0.29, 0.717) is 24.1 Å². The van der Waals surface area contributed by atoms with Crippen LogP contribution in [0.4, 0.5) is 0 Å². The molecule has 2 atom stereocenters. The fraction of sp³-hybridized carbons (Fsp3) is 0.571. The second-order valence-electron chi connectivity index (χ2n) is 8.78. The van der Waals surface area contributed by atoms with Gasteiger partial charge in [0.25, 0.3) is 0 Å². The number of carbonyl (C=O) groups excluding carboxylic acids is 1. The van der Waals surface area contributed by atoms with Crippen molar-refractivity contribution in [3.05, 3.63) is 34.6 Å². The number of hydrogen-bond donors (Lipinski definition) is 0. The first-order chi connectivity index (χ1) is 12.7. The lowest BCUT2D eigenvalue weighted by molar-refractivity contribution is -0.133. The van der Waals surface area contributed by atoms with Crippen LogP contribution in [0.3, 0.4) is 0 Å². The summed E-state index contributed by atoms with van der Waals surface area (Å²) in [5.41, 5.74) is 1.14. The molecule has 1 aromatic carbocycles. The summed E-state index contributed by atoms with van der Waals surface area (Å²) in [6, 6.07) is 7.70. The van der Waals surface area contributed by atoms with Crippen molar-refractivity contribution in [1.82, 2.24) is 15.0 Å². The number of nitrogens with zero attached hydrogens (tertiary/aromatic N) is 3. The summed E-state index contributed by atoms with van der Waals surface area (Å²) in [6.07, 6.45) is 3.45. The lowest BCUT2D eigenvalue weighted by Crippen LogP contribution is -2.32. The molecule has 146 valence electrons. The average Bonchev–Trinajstić information content (AvgIpc) is 3.22. The Labute approximate surface area is 169 Å². The van der Waals surface area contributed by atoms with Gasteiger partial charge in [-0.1, -0.05) is 48.8 Å². The van der Waals surface area contributed by atoms with E-state index in [4.69, 9.17) is 4.52 Å². The van der Waals surface area contributed by atoms with E-state index in [2.05, 4.69) is 53.8 Å². The Bertz CT molecular complexity index is 779. The quantitative estimate of drug-likeness (QED) is 0.613. The van der Waals surface area contributed by atoms with Crippen molar-refractivity contribution in [3.63, 3.8) is 0 Å². The van der Waals surface area contributed by atoms with Crippen LogP contribution < -0.4 is 0 Å². The van der Waals surface area contributed by atoms with E-state index in [1.807, 2.05) is 29.2 Å². The van der Waals surface area contributed by atoms with Crippen molar-refractivity contribution in [2.45, 2.75) is 59.4 Å². The van der Waals surface area contributed by atoms with Crippen LogP contribution in [0, 0.1) is 11.3 Å². The number of halogens is 1. The molecule has 1 saturated heterocycles. The second kappa shape index (κ2) is 8.13. The van der Waals surface area contributed by atoms with Gasteiger partial charge >= 0.3 is 0 Å². The maximum Gasteiger partial charge on any atom is 0.249 e. The third-order valence-corrected chi connectivity index (χ3v) is 5.41. The molecule has 0 bridgehead atoms. The lowest BCUT2D eigenvalue weighted by Gasteiger charge is -2.26. The zero-order chi connectivity index (χ0) is 19.6. The molecule has 0 N–H and O–H groups in total. The highest BCUT2D eigenvalue weighted by Gasteiger charge is 2.34. The minimum absolute atomic E-state index is 0.101. The summed E-state index contributed by atoms with van der Waals surface area (Å²) < 4.78 is 6.54. The normalized spacial score (nSPS) is 18.7. The molecule has 5 nitrogen and oxygen atoms in total. The Kier molecular flexibility index (Phi) is 6.04. The molecule has 1 aromatic heterocycles. The number of amides is 1. The van der Waals surface area contributed by atoms with Crippen molar-refractivity contribution in [2.75, 3.05) is 6.54 Å². The predicted octanol–water partition coefficient (Wildman–Crippen LogP) is 5.63. The Morgan fingerprint density at radius 1 is 1.33 bits per heavy atom. The van der Waals surface area contributed by atoms with E-state index in [1.165, 1.54) is 0 Å². The molecule has 0 saturated carbocycles. The molecule has 0 aliphatic carbocycles. The van der Waals surface area contributed by atoms with Crippen LogP contribution in [0.25, 0.3) is 11.4 Å². The minimum atomic E-state index is -0.101. The Hall–Kier alpha value is -1.69. The minimum Gasteiger partial charge on any atom is -0.337 e. The first-order valence-electron chi connectivity index (χ1n) is 9.62. The maximum atomic E-state index is 12.9. The molecule has 0 radical (unpaired) electrons. The van der Waals surface area contributed by atoms with Gasteiger partial charge in [0.1, 0.15) is 6.04 Å². The molecular formula is C21H28BrN3O2. The molecule has 27 heavy (non-hydrogen) atoms. The summed E-state index contributed by atoms with van der Waals surface area (Å²) in [7, 11) is 0. The first kappa shape index (κ1) is 20.1. The van der Waals surface area contributed by atoms with Crippen LogP contribution in [0.15, 0.2) is 33.3 Å². The van der Waals surface area contributed by atoms with Crippen molar-refractivity contribution in [1.29, 1.82) is 0 Å². The van der Waals surface area contributed by atoms with Crippen LogP contribution in [0.2, 0.25) is 0 Å². The van der Waals surface area contributed by atoms with Gasteiger partial charge in [0, 0.05) is 23.0 Å². The van der Waals surface area contributed by atoms with E-state index < -0.39 is 0 Å². The fourth-order valence-electron chi connectivity index (χ4n) is 3.94. The Morgan fingerprint density at radius 2 is 2.04 bits per heavy atom. The van der Waals surface area contributed by atoms with Crippen LogP contribution >= 0.6 is 15.9 Å². The van der Waals surface area contributed by atoms with Gasteiger partial charge in [-0.15, -0.1) is 0 Å². The van der Waals surface area contributed by atoms with E-state index in [-0.39, 0.29) is 17.4 Å². The van der Waals surface area contributed by atoms with Gasteiger partial charge in [-0.05, 0) is 54.9 Å². The SMILES string of the molecule is CC(CC(=O)N1CCCC1c1nc(-c2ccc(Br)cc2)no1)CC(C)(C)C. The standard InChI is InChI=1S/C21H28BrN3O2/c1-14(13-21(2,3)4)12-18(26)25-11-5-6-17(25)20-23-19(24-27-20)15-7-9-16(22)10-8-15/h7-10,14,17H,5-6,11-13H2,1-4H3. The molecule has 1 aliphatic heterocycles. The van der Waals surface area contributed by atoms with Gasteiger partial charge in [0.2, 0.25) is 17.6 Å². The van der Waals surface area contributed by atoms with Crippen molar-refractivity contribution in [3.8, 4) is 11.4 Å². The topological polar surface area (TPSA) is 59.2 Å². The summed E-state index contributed by atoms with van der Waals surface area (Å²) in [5, 5.41) is 4.12. The van der Waals surface area contributed by atoms with E-state index in [9.17, 15) is 4.79 Å². The highest BCUT2D eigenvalue weighted by molar-refractivity contribution is 9.10. The molecule has 2 heterocycles. The van der Waals surface area contributed by atoms with Gasteiger partial charge in [-0.3, -0.25) is 4.79 Å². The predicted molar refractivity (Wildman–Crippen MR) is 109 cm³/mol. The number of benzene rings is 1.